The number of carbonyl (C=O) groups excluding carboxylic acids is 1. The van der Waals surface area contributed by atoms with Crippen molar-refractivity contribution in [2.45, 2.75) is 18.8 Å². The van der Waals surface area contributed by atoms with Gasteiger partial charge in [0.2, 0.25) is 0 Å². The lowest BCUT2D eigenvalue weighted by atomic mass is 9.89. The molecule has 1 fully saturated rings. The van der Waals surface area contributed by atoms with E-state index in [4.69, 9.17) is 21.1 Å². The van der Waals surface area contributed by atoms with E-state index in [-0.39, 0.29) is 5.91 Å². The topological polar surface area (TPSA) is 54.6 Å². The highest BCUT2D eigenvalue weighted by molar-refractivity contribution is 6.31. The summed E-state index contributed by atoms with van der Waals surface area (Å²) in [7, 11) is 3.14. The summed E-state index contributed by atoms with van der Waals surface area (Å²) >= 11 is 6.19. The predicted octanol–water partition coefficient (Wildman–Crippen LogP) is 4.86. The molecule has 28 heavy (non-hydrogen) atoms. The van der Waals surface area contributed by atoms with E-state index in [0.29, 0.717) is 36.1 Å². The van der Waals surface area contributed by atoms with Crippen molar-refractivity contribution in [3.05, 3.63) is 58.7 Å². The third kappa shape index (κ3) is 3.31. The van der Waals surface area contributed by atoms with Crippen LogP contribution in [0.2, 0.25) is 5.02 Å². The first-order chi connectivity index (χ1) is 13.6. The molecule has 0 aliphatic carbocycles. The van der Waals surface area contributed by atoms with Crippen molar-refractivity contribution in [3.8, 4) is 11.5 Å². The van der Waals surface area contributed by atoms with Gasteiger partial charge in [-0.25, -0.2) is 0 Å². The van der Waals surface area contributed by atoms with Gasteiger partial charge in [0.15, 0.2) is 0 Å². The zero-order valence-corrected chi connectivity index (χ0v) is 16.8. The number of carbonyl (C=O) groups is 1. The van der Waals surface area contributed by atoms with Gasteiger partial charge < -0.3 is 19.4 Å². The minimum Gasteiger partial charge on any atom is -0.496 e. The molecule has 2 aromatic carbocycles. The molecule has 4 rings (SSSR count). The molecule has 2 heterocycles. The number of hydrogen-bond acceptors (Lipinski definition) is 3. The second-order valence-corrected chi connectivity index (χ2v) is 7.47. The second kappa shape index (κ2) is 7.76. The largest absolute Gasteiger partial charge is 0.496 e. The molecule has 0 spiro atoms. The maximum Gasteiger partial charge on any atom is 0.261 e. The summed E-state index contributed by atoms with van der Waals surface area (Å²) in [5, 5.41) is 1.91. The number of piperidine rings is 1. The van der Waals surface area contributed by atoms with Gasteiger partial charge in [-0.2, -0.15) is 0 Å². The fraction of sp³-hybridized carbons (Fsp3) is 0.318. The third-order valence-corrected chi connectivity index (χ3v) is 5.77. The molecule has 5 nitrogen and oxygen atoms in total. The van der Waals surface area contributed by atoms with Crippen molar-refractivity contribution in [1.82, 2.24) is 9.88 Å². The Morgan fingerprint density at radius 3 is 2.43 bits per heavy atom. The second-order valence-electron chi connectivity index (χ2n) is 7.04. The van der Waals surface area contributed by atoms with Crippen molar-refractivity contribution >= 4 is 28.4 Å². The van der Waals surface area contributed by atoms with Gasteiger partial charge in [0.1, 0.15) is 17.1 Å². The van der Waals surface area contributed by atoms with E-state index in [9.17, 15) is 4.79 Å². The summed E-state index contributed by atoms with van der Waals surface area (Å²) in [5.74, 6) is 1.43. The Morgan fingerprint density at radius 1 is 1.11 bits per heavy atom. The van der Waals surface area contributed by atoms with E-state index in [2.05, 4.69) is 11.2 Å². The SMILES string of the molecule is COc1cccc(OC)c1C(=O)N1CCC(c2c[nH]c3ccc(Cl)cc23)CC1. The highest BCUT2D eigenvalue weighted by Crippen LogP contribution is 2.36. The average molecular weight is 399 g/mol. The van der Waals surface area contributed by atoms with E-state index in [1.54, 1.807) is 26.4 Å². The zero-order valence-electron chi connectivity index (χ0n) is 16.0. The number of nitrogens with zero attached hydrogens (tertiary/aromatic N) is 1. The molecule has 0 bridgehead atoms. The van der Waals surface area contributed by atoms with Crippen LogP contribution in [-0.4, -0.2) is 43.1 Å². The minimum absolute atomic E-state index is 0.0466. The average Bonchev–Trinajstić information content (AvgIpc) is 3.15. The Morgan fingerprint density at radius 2 is 1.79 bits per heavy atom. The lowest BCUT2D eigenvalue weighted by Gasteiger charge is -2.32. The predicted molar refractivity (Wildman–Crippen MR) is 111 cm³/mol. The first-order valence-corrected chi connectivity index (χ1v) is 9.77. The van der Waals surface area contributed by atoms with Crippen LogP contribution in [0.1, 0.15) is 34.7 Å². The Bertz CT molecular complexity index is 984. The standard InChI is InChI=1S/C22H23ClN2O3/c1-27-19-4-3-5-20(28-2)21(19)22(26)25-10-8-14(9-11-25)17-13-24-18-7-6-15(23)12-16(17)18/h3-7,12-14,24H,8-11H2,1-2H3. The number of nitrogens with one attached hydrogen (secondary N) is 1. The third-order valence-electron chi connectivity index (χ3n) is 5.54. The summed E-state index contributed by atoms with van der Waals surface area (Å²) in [5.41, 5.74) is 2.86. The maximum atomic E-state index is 13.2. The van der Waals surface area contributed by atoms with Crippen molar-refractivity contribution in [3.63, 3.8) is 0 Å². The van der Waals surface area contributed by atoms with E-state index in [1.807, 2.05) is 29.2 Å². The normalized spacial score (nSPS) is 15.0. The maximum absolute atomic E-state index is 13.2. The van der Waals surface area contributed by atoms with Gasteiger partial charge in [-0.3, -0.25) is 4.79 Å². The summed E-state index contributed by atoms with van der Waals surface area (Å²) in [6.45, 7) is 1.38. The molecule has 1 saturated heterocycles. The number of fused-ring (bicyclic) bond motifs is 1. The van der Waals surface area contributed by atoms with Gasteiger partial charge in [0, 0.05) is 35.2 Å². The fourth-order valence-electron chi connectivity index (χ4n) is 4.07. The van der Waals surface area contributed by atoms with Crippen LogP contribution in [0, 0.1) is 0 Å². The lowest BCUT2D eigenvalue weighted by Crippen LogP contribution is -2.38. The van der Waals surface area contributed by atoms with E-state index in [0.717, 1.165) is 23.4 Å². The van der Waals surface area contributed by atoms with Crippen LogP contribution >= 0.6 is 11.6 Å². The van der Waals surface area contributed by atoms with Crippen molar-refractivity contribution < 1.29 is 14.3 Å². The molecular formula is C22H23ClN2O3. The number of methoxy groups -OCH3 is 2. The number of amides is 1. The Hall–Kier alpha value is -2.66. The number of halogens is 1. The summed E-state index contributed by atoms with van der Waals surface area (Å²) in [6.07, 6.45) is 3.89. The quantitative estimate of drug-likeness (QED) is 0.682. The smallest absolute Gasteiger partial charge is 0.261 e. The Kier molecular flexibility index (Phi) is 5.18. The molecular weight excluding hydrogens is 376 g/mol. The number of benzene rings is 2. The van der Waals surface area contributed by atoms with Gasteiger partial charge in [0.05, 0.1) is 14.2 Å². The lowest BCUT2D eigenvalue weighted by molar-refractivity contribution is 0.0706. The van der Waals surface area contributed by atoms with Crippen LogP contribution in [0.5, 0.6) is 11.5 Å². The van der Waals surface area contributed by atoms with E-state index < -0.39 is 0 Å². The fourth-order valence-corrected chi connectivity index (χ4v) is 4.24. The molecule has 0 atom stereocenters. The van der Waals surface area contributed by atoms with Crippen LogP contribution in [-0.2, 0) is 0 Å². The molecule has 1 aliphatic heterocycles. The van der Waals surface area contributed by atoms with Crippen LogP contribution in [0.3, 0.4) is 0 Å². The number of aromatic amines is 1. The van der Waals surface area contributed by atoms with Crippen LogP contribution < -0.4 is 9.47 Å². The van der Waals surface area contributed by atoms with Gasteiger partial charge in [-0.05, 0) is 54.7 Å². The highest BCUT2D eigenvalue weighted by Gasteiger charge is 2.29. The summed E-state index contributed by atoms with van der Waals surface area (Å²) < 4.78 is 10.8. The number of aromatic nitrogens is 1. The molecule has 0 radical (unpaired) electrons. The summed E-state index contributed by atoms with van der Waals surface area (Å²) in [6, 6.07) is 11.3. The number of hydrogen-bond donors (Lipinski definition) is 1. The molecule has 1 amide bonds. The molecule has 146 valence electrons. The van der Waals surface area contributed by atoms with Gasteiger partial charge in [0.25, 0.3) is 5.91 Å². The molecule has 1 aliphatic rings. The van der Waals surface area contributed by atoms with Crippen molar-refractivity contribution in [2.75, 3.05) is 27.3 Å². The zero-order chi connectivity index (χ0) is 19.7. The number of ether oxygens (including phenoxy) is 2. The highest BCUT2D eigenvalue weighted by atomic mass is 35.5. The molecule has 0 unspecified atom stereocenters. The minimum atomic E-state index is -0.0466. The van der Waals surface area contributed by atoms with Crippen molar-refractivity contribution in [1.29, 1.82) is 0 Å². The molecule has 0 saturated carbocycles. The monoisotopic (exact) mass is 398 g/mol. The Balaban J connectivity index is 1.53. The first kappa shape index (κ1) is 18.7. The van der Waals surface area contributed by atoms with E-state index >= 15 is 0 Å². The summed E-state index contributed by atoms with van der Waals surface area (Å²) in [4.78, 5) is 18.4. The van der Waals surface area contributed by atoms with Gasteiger partial charge >= 0.3 is 0 Å². The number of H-pyrrole nitrogens is 1. The van der Waals surface area contributed by atoms with Gasteiger partial charge in [-0.15, -0.1) is 0 Å². The van der Waals surface area contributed by atoms with Crippen molar-refractivity contribution in [2.24, 2.45) is 0 Å². The molecule has 1 aromatic heterocycles. The molecule has 1 N–H and O–H groups in total. The van der Waals surface area contributed by atoms with Crippen LogP contribution in [0.4, 0.5) is 0 Å². The molecule has 3 aromatic rings. The first-order valence-electron chi connectivity index (χ1n) is 9.39. The van der Waals surface area contributed by atoms with E-state index in [1.165, 1.54) is 10.9 Å². The molecule has 6 heteroatoms. The Labute approximate surface area is 169 Å². The van der Waals surface area contributed by atoms with Crippen LogP contribution in [0.15, 0.2) is 42.6 Å². The number of likely N-dealkylation sites (tertiary alicyclic amines) is 1. The van der Waals surface area contributed by atoms with Crippen LogP contribution in [0.25, 0.3) is 10.9 Å². The number of rotatable bonds is 4. The van der Waals surface area contributed by atoms with Gasteiger partial charge in [-0.1, -0.05) is 17.7 Å².